The maximum atomic E-state index is 4.39. The molecule has 3 aromatic heterocycles. The van der Waals surface area contributed by atoms with E-state index in [2.05, 4.69) is 31.1 Å². The maximum absolute atomic E-state index is 4.39. The van der Waals surface area contributed by atoms with Gasteiger partial charge in [0.2, 0.25) is 5.16 Å². The summed E-state index contributed by atoms with van der Waals surface area (Å²) < 4.78 is 2.93. The molecule has 3 rings (SSSR count). The highest BCUT2D eigenvalue weighted by Gasteiger charge is 2.09. The lowest BCUT2D eigenvalue weighted by Gasteiger charge is -2.03. The molecule has 18 heavy (non-hydrogen) atoms. The summed E-state index contributed by atoms with van der Waals surface area (Å²) >= 11 is 4.93. The van der Waals surface area contributed by atoms with Gasteiger partial charge in [0.1, 0.15) is 5.03 Å². The zero-order chi connectivity index (χ0) is 12.5. The molecule has 3 heterocycles. The van der Waals surface area contributed by atoms with E-state index >= 15 is 0 Å². The Hall–Kier alpha value is -1.40. The Labute approximate surface area is 117 Å². The first-order valence-corrected chi connectivity index (χ1v) is 6.95. The van der Waals surface area contributed by atoms with E-state index in [1.54, 1.807) is 6.20 Å². The van der Waals surface area contributed by atoms with Gasteiger partial charge in [-0.2, -0.15) is 0 Å². The van der Waals surface area contributed by atoms with Crippen molar-refractivity contribution in [3.8, 4) is 0 Å². The number of aryl methyl sites for hydroxylation is 1. The Morgan fingerprint density at radius 1 is 1.28 bits per heavy atom. The van der Waals surface area contributed by atoms with Gasteiger partial charge >= 0.3 is 0 Å². The number of fused-ring (bicyclic) bond motifs is 1. The fourth-order valence-corrected chi connectivity index (χ4v) is 2.89. The number of aromatic nitrogens is 4. The molecule has 0 spiro atoms. The van der Waals surface area contributed by atoms with Crippen LogP contribution in [0.15, 0.2) is 51.3 Å². The third-order valence-electron chi connectivity index (χ3n) is 2.47. The molecule has 0 atom stereocenters. The van der Waals surface area contributed by atoms with Crippen molar-refractivity contribution in [1.82, 2.24) is 19.6 Å². The van der Waals surface area contributed by atoms with Crippen molar-refractivity contribution in [2.24, 2.45) is 0 Å². The average molecular weight is 321 g/mol. The van der Waals surface area contributed by atoms with Gasteiger partial charge in [0.15, 0.2) is 5.65 Å². The zero-order valence-corrected chi connectivity index (χ0v) is 11.9. The second-order valence-corrected chi connectivity index (χ2v) is 5.66. The minimum Gasteiger partial charge on any atom is -0.277 e. The van der Waals surface area contributed by atoms with E-state index in [4.69, 9.17) is 0 Å². The summed E-state index contributed by atoms with van der Waals surface area (Å²) in [5, 5.41) is 10.1. The van der Waals surface area contributed by atoms with Crippen LogP contribution in [0.2, 0.25) is 0 Å². The van der Waals surface area contributed by atoms with E-state index in [-0.39, 0.29) is 0 Å². The molecule has 4 nitrogen and oxygen atoms in total. The molecule has 0 aliphatic heterocycles. The fourth-order valence-electron chi connectivity index (χ4n) is 1.61. The van der Waals surface area contributed by atoms with Gasteiger partial charge in [-0.1, -0.05) is 6.07 Å². The van der Waals surface area contributed by atoms with Gasteiger partial charge in [-0.15, -0.1) is 10.2 Å². The average Bonchev–Trinajstić information content (AvgIpc) is 2.76. The molecule has 0 bridgehead atoms. The summed E-state index contributed by atoms with van der Waals surface area (Å²) in [5.74, 6) is 0. The number of rotatable bonds is 2. The van der Waals surface area contributed by atoms with E-state index in [0.717, 1.165) is 25.9 Å². The lowest BCUT2D eigenvalue weighted by Crippen LogP contribution is -1.89. The van der Waals surface area contributed by atoms with Crippen molar-refractivity contribution in [3.63, 3.8) is 0 Å². The van der Waals surface area contributed by atoms with Gasteiger partial charge in [0.05, 0.1) is 0 Å². The van der Waals surface area contributed by atoms with Crippen molar-refractivity contribution < 1.29 is 0 Å². The third-order valence-corrected chi connectivity index (χ3v) is 3.98. The Bertz CT molecular complexity index is 710. The second-order valence-electron chi connectivity index (χ2n) is 3.79. The van der Waals surface area contributed by atoms with Crippen molar-refractivity contribution in [2.75, 3.05) is 0 Å². The summed E-state index contributed by atoms with van der Waals surface area (Å²) in [6.07, 6.45) is 3.74. The van der Waals surface area contributed by atoms with Gasteiger partial charge in [-0.25, -0.2) is 4.98 Å². The standard InChI is InChI=1S/C12H9BrN4S/c1-8-6-9(13)7-14-11(8)18-12-16-15-10-4-2-3-5-17(10)12/h2-7H,1H3. The van der Waals surface area contributed by atoms with Crippen LogP contribution in [0.3, 0.4) is 0 Å². The molecule has 0 amide bonds. The molecule has 0 aliphatic carbocycles. The molecule has 0 aromatic carbocycles. The molecule has 0 fully saturated rings. The zero-order valence-electron chi connectivity index (χ0n) is 9.54. The van der Waals surface area contributed by atoms with Gasteiger partial charge < -0.3 is 0 Å². The molecule has 0 unspecified atom stereocenters. The van der Waals surface area contributed by atoms with E-state index in [1.165, 1.54) is 11.8 Å². The van der Waals surface area contributed by atoms with Crippen LogP contribution in [-0.4, -0.2) is 19.6 Å². The monoisotopic (exact) mass is 320 g/mol. The Morgan fingerprint density at radius 3 is 3.00 bits per heavy atom. The van der Waals surface area contributed by atoms with Gasteiger partial charge in [0.25, 0.3) is 0 Å². The lowest BCUT2D eigenvalue weighted by molar-refractivity contribution is 0.914. The third kappa shape index (κ3) is 2.13. The number of pyridine rings is 2. The van der Waals surface area contributed by atoms with E-state index in [1.807, 2.05) is 41.8 Å². The highest BCUT2D eigenvalue weighted by atomic mass is 79.9. The first kappa shape index (κ1) is 11.7. The lowest BCUT2D eigenvalue weighted by atomic mass is 10.3. The molecule has 6 heteroatoms. The summed E-state index contributed by atoms with van der Waals surface area (Å²) in [6, 6.07) is 7.88. The van der Waals surface area contributed by atoms with Crippen LogP contribution in [0.5, 0.6) is 0 Å². The summed E-state index contributed by atoms with van der Waals surface area (Å²) in [5.41, 5.74) is 1.96. The SMILES string of the molecule is Cc1cc(Br)cnc1Sc1nnc2ccccn12. The predicted molar refractivity (Wildman–Crippen MR) is 73.8 cm³/mol. The summed E-state index contributed by atoms with van der Waals surface area (Å²) in [6.45, 7) is 2.03. The van der Waals surface area contributed by atoms with Crippen LogP contribution in [-0.2, 0) is 0 Å². The Kier molecular flexibility index (Phi) is 3.05. The van der Waals surface area contributed by atoms with Gasteiger partial charge in [0, 0.05) is 16.9 Å². The largest absolute Gasteiger partial charge is 0.277 e. The quantitative estimate of drug-likeness (QED) is 0.726. The molecule has 3 aromatic rings. The predicted octanol–water partition coefficient (Wildman–Crippen LogP) is 3.35. The molecule has 0 saturated heterocycles. The van der Waals surface area contributed by atoms with Crippen LogP contribution in [0.1, 0.15) is 5.56 Å². The molecule has 0 saturated carbocycles. The molecular weight excluding hydrogens is 312 g/mol. The molecule has 0 radical (unpaired) electrons. The topological polar surface area (TPSA) is 43.1 Å². The smallest absolute Gasteiger partial charge is 0.201 e. The minimum absolute atomic E-state index is 0.823. The molecule has 90 valence electrons. The van der Waals surface area contributed by atoms with Crippen molar-refractivity contribution in [3.05, 3.63) is 46.7 Å². The fraction of sp³-hybridized carbons (Fsp3) is 0.0833. The Balaban J connectivity index is 2.01. The van der Waals surface area contributed by atoms with Crippen molar-refractivity contribution >= 4 is 33.3 Å². The van der Waals surface area contributed by atoms with Crippen LogP contribution in [0.25, 0.3) is 5.65 Å². The highest BCUT2D eigenvalue weighted by Crippen LogP contribution is 2.28. The van der Waals surface area contributed by atoms with Gasteiger partial charge in [-0.05, 0) is 58.4 Å². The number of hydrogen-bond acceptors (Lipinski definition) is 4. The van der Waals surface area contributed by atoms with Crippen LogP contribution in [0, 0.1) is 6.92 Å². The highest BCUT2D eigenvalue weighted by molar-refractivity contribution is 9.10. The number of halogens is 1. The van der Waals surface area contributed by atoms with E-state index in [0.29, 0.717) is 0 Å². The van der Waals surface area contributed by atoms with Crippen LogP contribution in [0.4, 0.5) is 0 Å². The normalized spacial score (nSPS) is 11.0. The van der Waals surface area contributed by atoms with Crippen LogP contribution < -0.4 is 0 Å². The van der Waals surface area contributed by atoms with Crippen molar-refractivity contribution in [1.29, 1.82) is 0 Å². The first-order valence-electron chi connectivity index (χ1n) is 5.34. The maximum Gasteiger partial charge on any atom is 0.201 e. The number of hydrogen-bond donors (Lipinski definition) is 0. The molecule has 0 N–H and O–H groups in total. The number of nitrogens with zero attached hydrogens (tertiary/aromatic N) is 4. The second kappa shape index (κ2) is 4.70. The van der Waals surface area contributed by atoms with Crippen molar-refractivity contribution in [2.45, 2.75) is 17.1 Å². The first-order chi connectivity index (χ1) is 8.74. The molecule has 0 aliphatic rings. The summed E-state index contributed by atoms with van der Waals surface area (Å²) in [4.78, 5) is 4.39. The summed E-state index contributed by atoms with van der Waals surface area (Å²) in [7, 11) is 0. The minimum atomic E-state index is 0.823. The van der Waals surface area contributed by atoms with E-state index < -0.39 is 0 Å². The van der Waals surface area contributed by atoms with E-state index in [9.17, 15) is 0 Å². The van der Waals surface area contributed by atoms with Crippen LogP contribution >= 0.6 is 27.7 Å². The molecular formula is C12H9BrN4S. The Morgan fingerprint density at radius 2 is 2.17 bits per heavy atom. The van der Waals surface area contributed by atoms with Gasteiger partial charge in [-0.3, -0.25) is 4.40 Å².